The molecule has 0 spiro atoms. The van der Waals surface area contributed by atoms with Crippen LogP contribution in [-0.2, 0) is 26.2 Å². The third kappa shape index (κ3) is 5.91. The van der Waals surface area contributed by atoms with Gasteiger partial charge in [0.15, 0.2) is 50.4 Å². The number of hydrogen-bond acceptors (Lipinski definition) is 10. The molecule has 0 N–H and O–H groups in total. The fourth-order valence-corrected chi connectivity index (χ4v) is 12.5. The quantitative estimate of drug-likeness (QED) is 0.152. The van der Waals surface area contributed by atoms with Gasteiger partial charge in [0.1, 0.15) is 73.2 Å². The van der Waals surface area contributed by atoms with Crippen LogP contribution in [0.5, 0.6) is 0 Å². The molecule has 0 bridgehead atoms. The van der Waals surface area contributed by atoms with Crippen LogP contribution in [0.25, 0.3) is 101 Å². The molecule has 20 heteroatoms. The minimum absolute atomic E-state index is 0.664. The van der Waals surface area contributed by atoms with Crippen LogP contribution in [0, 0.1) is 0 Å². The number of fused-ring (bicyclic) bond motifs is 28. The number of rotatable bonds is 0. The van der Waals surface area contributed by atoms with Gasteiger partial charge in [-0.25, -0.2) is 33.1 Å². The monoisotopic (exact) mass is 1010 g/mol. The minimum atomic E-state index is 0.664. The number of aromatic nitrogens is 18. The summed E-state index contributed by atoms with van der Waals surface area (Å²) in [5, 5.41) is 8.84. The summed E-state index contributed by atoms with van der Waals surface area (Å²) in [7, 11) is 0. The first kappa shape index (κ1) is 41.2. The molecule has 0 aliphatic carbocycles. The predicted octanol–water partition coefficient (Wildman–Crippen LogP) is 6.65. The Bertz CT molecular complexity index is 4870. The number of imidazole rings is 6. The van der Waals surface area contributed by atoms with Gasteiger partial charge in [0.2, 0.25) is 0 Å². The Hall–Kier alpha value is -10.3. The third-order valence-electron chi connectivity index (χ3n) is 14.7. The van der Waals surface area contributed by atoms with Crippen molar-refractivity contribution >= 4 is 66.2 Å². The van der Waals surface area contributed by atoms with Gasteiger partial charge in [0.25, 0.3) is 11.4 Å². The molecule has 4 aliphatic heterocycles. The van der Waals surface area contributed by atoms with Crippen molar-refractivity contribution < 1.29 is 22.2 Å². The van der Waals surface area contributed by atoms with Crippen molar-refractivity contribution in [3.05, 3.63) is 206 Å². The Labute approximate surface area is 431 Å². The number of nitrogens with zero attached hydrogens (tertiary/aromatic N) is 18. The molecule has 20 heterocycles. The molecule has 16 aromatic rings. The maximum atomic E-state index is 5.85. The highest BCUT2D eigenvalue weighted by atomic mass is 32.1. The first-order chi connectivity index (χ1) is 37.7. The van der Waals surface area contributed by atoms with Gasteiger partial charge >= 0.3 is 22.4 Å². The van der Waals surface area contributed by atoms with Crippen LogP contribution < -0.4 is 17.8 Å². The maximum absolute atomic E-state index is 5.85. The molecule has 360 valence electrons. The molecule has 0 fully saturated rings. The maximum Gasteiger partial charge on any atom is 0.469 e. The van der Waals surface area contributed by atoms with Crippen molar-refractivity contribution in [3.8, 4) is 45.7 Å². The van der Waals surface area contributed by atoms with E-state index < -0.39 is 0 Å². The molecule has 0 aromatic carbocycles. The highest BCUT2D eigenvalue weighted by Gasteiger charge is 2.36. The molecule has 20 rings (SSSR count). The van der Waals surface area contributed by atoms with Crippen molar-refractivity contribution in [2.45, 2.75) is 26.2 Å². The van der Waals surface area contributed by atoms with E-state index in [4.69, 9.17) is 4.42 Å². The van der Waals surface area contributed by atoms with Gasteiger partial charge in [-0.3, -0.25) is 15.0 Å². The van der Waals surface area contributed by atoms with Crippen LogP contribution in [0.2, 0.25) is 0 Å². The zero-order chi connectivity index (χ0) is 49.6. The zero-order valence-corrected chi connectivity index (χ0v) is 40.8. The van der Waals surface area contributed by atoms with Gasteiger partial charge in [0.05, 0.1) is 12.7 Å². The summed E-state index contributed by atoms with van der Waals surface area (Å²) in [5.74, 6) is 3.02. The third-order valence-corrected chi connectivity index (χ3v) is 15.8. The largest absolute Gasteiger partial charge is 0.469 e. The summed E-state index contributed by atoms with van der Waals surface area (Å²) in [5.41, 5.74) is 18.9. The lowest BCUT2D eigenvalue weighted by atomic mass is 10.2. The number of hydrogen-bond donors (Lipinski definition) is 0. The van der Waals surface area contributed by atoms with E-state index in [2.05, 4.69) is 151 Å². The van der Waals surface area contributed by atoms with Gasteiger partial charge in [-0.1, -0.05) is 24.3 Å². The molecule has 76 heavy (non-hydrogen) atoms. The average molecular weight is 1010 g/mol. The van der Waals surface area contributed by atoms with Crippen LogP contribution in [0.1, 0.15) is 22.3 Å². The van der Waals surface area contributed by atoms with Crippen LogP contribution >= 0.6 is 11.3 Å². The zero-order valence-electron chi connectivity index (χ0n) is 40.0. The standard InChI is InChI=1S/2C14H10N5.C14H9N4O.C14H9N4S/c1-3-10-7-17-9-12-18(14(17)13(10)15-5-1)8-11-4-2-6-16-19(11)12;1-3-10-7-18-12(13(10)15-5-1)9-17-8-11-4-2-6-16-19(11)14(17)18;2*1-3-9-7-17-11(12(9)15-5-1)8-18-10-4-2-6-16-13(10)19-14(17)18/h2*1-6,8-9H,7H2;2*1-6,8H,7H2/q4*+1. The first-order valence-corrected chi connectivity index (χ1v) is 25.6. The molecule has 0 amide bonds. The number of oxazole rings is 1. The SMILES string of the molecule is c1cnc2c(c1)C[n+]1cc3n(cc4cccnn43)c1-2.c1cnc2c(c1)Cn1c-2c[n+]2c3cccnc3oc12.c1cnc2c(c1)Cn1c-2c[n+]2c3cccnc3sc12.c1cnc2c(c1)Cn1c-2c[n+]2cc3cccnn3c12. The molecule has 4 aliphatic rings. The van der Waals surface area contributed by atoms with E-state index in [0.717, 1.165) is 105 Å². The van der Waals surface area contributed by atoms with E-state index in [-0.39, 0.29) is 0 Å². The molecule has 19 nitrogen and oxygen atoms in total. The molecule has 0 saturated carbocycles. The molecule has 16 aromatic heterocycles. The fraction of sp³-hybridized carbons (Fsp3) is 0.0714. The summed E-state index contributed by atoms with van der Waals surface area (Å²) in [4.78, 5) is 29.0. The van der Waals surface area contributed by atoms with E-state index in [9.17, 15) is 0 Å². The molecular weight excluding hydrogens is 973 g/mol. The summed E-state index contributed by atoms with van der Waals surface area (Å²) >= 11 is 1.73. The highest BCUT2D eigenvalue weighted by Crippen LogP contribution is 2.35. The van der Waals surface area contributed by atoms with Gasteiger partial charge in [-0.05, 0) is 84.1 Å². The van der Waals surface area contributed by atoms with Crippen molar-refractivity contribution in [1.82, 2.24) is 67.2 Å². The lowest BCUT2D eigenvalue weighted by molar-refractivity contribution is -0.670. The molecule has 0 radical (unpaired) electrons. The van der Waals surface area contributed by atoms with Crippen molar-refractivity contribution in [1.29, 1.82) is 0 Å². The van der Waals surface area contributed by atoms with Crippen LogP contribution in [0.3, 0.4) is 0 Å². The minimum Gasteiger partial charge on any atom is -0.368 e. The van der Waals surface area contributed by atoms with E-state index in [1.165, 1.54) is 38.4 Å². The Kier molecular flexibility index (Phi) is 8.44. The summed E-state index contributed by atoms with van der Waals surface area (Å²) < 4.78 is 27.3. The van der Waals surface area contributed by atoms with E-state index in [1.54, 1.807) is 17.5 Å². The molecule has 0 atom stereocenters. The van der Waals surface area contributed by atoms with Gasteiger partial charge < -0.3 is 4.42 Å². The fourth-order valence-electron chi connectivity index (χ4n) is 11.4. The van der Waals surface area contributed by atoms with Crippen LogP contribution in [0.4, 0.5) is 0 Å². The Balaban J connectivity index is 0.0000000825. The molecular formula is C56H38N18OS+4. The number of thiazole rings is 1. The van der Waals surface area contributed by atoms with E-state index in [0.29, 0.717) is 5.71 Å². The summed E-state index contributed by atoms with van der Waals surface area (Å²) in [6.45, 7) is 3.45. The average Bonchev–Trinajstić information content (AvgIpc) is 4.35. The van der Waals surface area contributed by atoms with Gasteiger partial charge in [0, 0.05) is 65.6 Å². The highest BCUT2D eigenvalue weighted by molar-refractivity contribution is 7.22. The molecule has 0 saturated heterocycles. The van der Waals surface area contributed by atoms with Crippen LogP contribution in [-0.4, -0.2) is 67.2 Å². The Morgan fingerprint density at radius 1 is 0.487 bits per heavy atom. The second-order valence-corrected chi connectivity index (χ2v) is 20.0. The van der Waals surface area contributed by atoms with Crippen molar-refractivity contribution in [3.63, 3.8) is 0 Å². The molecule has 0 unspecified atom stereocenters. The second-order valence-electron chi connectivity index (χ2n) is 19.0. The lowest BCUT2D eigenvalue weighted by Crippen LogP contribution is -2.29. The first-order valence-electron chi connectivity index (χ1n) is 24.8. The second kappa shape index (κ2) is 15.6. The summed E-state index contributed by atoms with van der Waals surface area (Å²) in [6, 6.07) is 32.5. The van der Waals surface area contributed by atoms with Gasteiger partial charge in [-0.2, -0.15) is 27.4 Å². The topological polar surface area (TPSA) is 160 Å². The normalized spacial score (nSPS) is 13.1. The smallest absolute Gasteiger partial charge is 0.368 e. The predicted molar refractivity (Wildman–Crippen MR) is 278 cm³/mol. The summed E-state index contributed by atoms with van der Waals surface area (Å²) in [6.07, 6.45) is 27.3. The lowest BCUT2D eigenvalue weighted by Gasteiger charge is -1.92. The Morgan fingerprint density at radius 2 is 1.08 bits per heavy atom. The van der Waals surface area contributed by atoms with Crippen LogP contribution in [0.15, 0.2) is 188 Å². The Morgan fingerprint density at radius 3 is 1.86 bits per heavy atom. The van der Waals surface area contributed by atoms with E-state index in [1.807, 2.05) is 111 Å². The number of pyridine rings is 6. The van der Waals surface area contributed by atoms with Gasteiger partial charge in [-0.15, -0.1) is 9.61 Å². The van der Waals surface area contributed by atoms with E-state index >= 15 is 0 Å². The van der Waals surface area contributed by atoms with Crippen molar-refractivity contribution in [2.75, 3.05) is 0 Å². The van der Waals surface area contributed by atoms with Crippen molar-refractivity contribution in [2.24, 2.45) is 0 Å².